The molecule has 0 bridgehead atoms. The summed E-state index contributed by atoms with van der Waals surface area (Å²) in [6, 6.07) is 0. The number of hydrogen-bond donors (Lipinski definition) is 0. The lowest BCUT2D eigenvalue weighted by atomic mass is 10.2. The molecular weight excluding hydrogens is 211 g/mol. The van der Waals surface area contributed by atoms with Crippen LogP contribution in [0.1, 0.15) is 40.5 Å². The summed E-state index contributed by atoms with van der Waals surface area (Å²) in [5, 5.41) is 0. The van der Waals surface area contributed by atoms with Crippen LogP contribution in [0.25, 0.3) is 0 Å². The van der Waals surface area contributed by atoms with Crippen LogP contribution in [0, 0.1) is 0 Å². The normalized spacial score (nSPS) is 10.2. The first kappa shape index (κ1) is 17.0. The van der Waals surface area contributed by atoms with Crippen molar-refractivity contribution >= 4 is 18.7 Å². The van der Waals surface area contributed by atoms with Crippen molar-refractivity contribution < 1.29 is 14.2 Å². The molecule has 0 aromatic heterocycles. The number of hydrogen-bond acceptors (Lipinski definition) is 3. The number of rotatable bonds is 5. The van der Waals surface area contributed by atoms with Crippen LogP contribution < -0.4 is 0 Å². The third kappa shape index (κ3) is 9.86. The van der Waals surface area contributed by atoms with E-state index in [1.807, 2.05) is 20.5 Å². The van der Waals surface area contributed by atoms with Gasteiger partial charge < -0.3 is 4.57 Å². The summed E-state index contributed by atoms with van der Waals surface area (Å²) in [6.45, 7) is 9.19. The van der Waals surface area contributed by atoms with Crippen LogP contribution in [0.4, 0.5) is 0 Å². The molecule has 0 aliphatic carbocycles. The van der Waals surface area contributed by atoms with Gasteiger partial charge in [-0.25, -0.2) is 0 Å². The Balaban J connectivity index is 0. The van der Waals surface area contributed by atoms with Crippen LogP contribution in [0.15, 0.2) is 0 Å². The molecule has 0 saturated heterocycles. The van der Waals surface area contributed by atoms with Crippen LogP contribution in [0.2, 0.25) is 0 Å². The minimum absolute atomic E-state index is 0.257. The molecule has 0 aromatic carbocycles. The van der Waals surface area contributed by atoms with Crippen LogP contribution >= 0.6 is 7.14 Å². The zero-order chi connectivity index (χ0) is 12.5. The molecule has 0 atom stereocenters. The van der Waals surface area contributed by atoms with Gasteiger partial charge >= 0.3 is 0 Å². The van der Waals surface area contributed by atoms with Gasteiger partial charge in [0.05, 0.1) is 7.14 Å². The molecule has 0 aromatic rings. The van der Waals surface area contributed by atoms with Crippen molar-refractivity contribution in [3.63, 3.8) is 0 Å². The van der Waals surface area contributed by atoms with Crippen molar-refractivity contribution in [2.24, 2.45) is 0 Å². The van der Waals surface area contributed by atoms with Crippen molar-refractivity contribution in [2.45, 2.75) is 40.5 Å². The second-order valence-corrected chi connectivity index (χ2v) is 7.34. The Morgan fingerprint density at radius 3 is 1.20 bits per heavy atom. The maximum absolute atomic E-state index is 11.0. The maximum Gasteiger partial charge on any atom is 0.198 e. The van der Waals surface area contributed by atoms with Crippen molar-refractivity contribution in [3.8, 4) is 0 Å². The van der Waals surface area contributed by atoms with Gasteiger partial charge in [-0.05, 0) is 19.0 Å². The Bertz CT molecular complexity index is 224. The quantitative estimate of drug-likeness (QED) is 0.542. The van der Waals surface area contributed by atoms with Crippen LogP contribution in [-0.2, 0) is 14.2 Å². The Morgan fingerprint density at radius 2 is 1.13 bits per heavy atom. The summed E-state index contributed by atoms with van der Waals surface area (Å²) < 4.78 is 11.0. The molecule has 0 radical (unpaired) electrons. The highest BCUT2D eigenvalue weighted by molar-refractivity contribution is 7.63. The Labute approximate surface area is 93.0 Å². The fourth-order valence-electron chi connectivity index (χ4n) is 0.618. The van der Waals surface area contributed by atoms with Gasteiger partial charge in [-0.3, -0.25) is 9.59 Å². The van der Waals surface area contributed by atoms with Crippen molar-refractivity contribution in [1.29, 1.82) is 0 Å². The third-order valence-electron chi connectivity index (χ3n) is 2.29. The topological polar surface area (TPSA) is 51.2 Å². The largest absolute Gasteiger partial charge is 0.324 e. The van der Waals surface area contributed by atoms with Crippen LogP contribution in [0.3, 0.4) is 0 Å². The first-order valence-corrected chi connectivity index (χ1v) is 7.98. The van der Waals surface area contributed by atoms with Gasteiger partial charge in [0.25, 0.3) is 0 Å². The summed E-state index contributed by atoms with van der Waals surface area (Å²) in [5.41, 5.74) is 0. The lowest BCUT2D eigenvalue weighted by Gasteiger charge is -2.02. The molecular formula is C11H23O3P. The predicted molar refractivity (Wildman–Crippen MR) is 65.2 cm³/mol. The number of Topliss-reactive ketones (excluding diaryl/α,β-unsaturated/α-hetero) is 2. The van der Waals surface area contributed by atoms with E-state index in [2.05, 4.69) is 0 Å². The molecule has 0 aliphatic rings. The fourth-order valence-corrected chi connectivity index (χ4v) is 1.07. The molecule has 3 nitrogen and oxygen atoms in total. The van der Waals surface area contributed by atoms with E-state index in [0.29, 0.717) is 12.8 Å². The number of ketones is 2. The molecule has 0 aliphatic heterocycles. The van der Waals surface area contributed by atoms with E-state index in [4.69, 9.17) is 0 Å². The molecule has 0 amide bonds. The van der Waals surface area contributed by atoms with Gasteiger partial charge in [0.1, 0.15) is 0 Å². The molecule has 0 unspecified atom stereocenters. The van der Waals surface area contributed by atoms with Crippen molar-refractivity contribution in [1.82, 2.24) is 0 Å². The minimum atomic E-state index is -1.65. The van der Waals surface area contributed by atoms with Crippen molar-refractivity contribution in [2.75, 3.05) is 19.0 Å². The highest BCUT2D eigenvalue weighted by Gasteiger charge is 2.06. The van der Waals surface area contributed by atoms with Gasteiger partial charge in [-0.1, -0.05) is 27.7 Å². The second-order valence-electron chi connectivity index (χ2n) is 3.48. The highest BCUT2D eigenvalue weighted by Crippen LogP contribution is 2.38. The molecule has 90 valence electrons. The Morgan fingerprint density at radius 1 is 0.867 bits per heavy atom. The second kappa shape index (κ2) is 8.84. The third-order valence-corrected chi connectivity index (χ3v) is 4.97. The summed E-state index contributed by atoms with van der Waals surface area (Å²) in [5.74, 6) is -0.514. The van der Waals surface area contributed by atoms with E-state index in [0.717, 1.165) is 12.3 Å². The van der Waals surface area contributed by atoms with Crippen LogP contribution in [0.5, 0.6) is 0 Å². The standard InChI is InChI=1S/C6H10O2.C5H13OP/c1-3-5(7)6(8)4-2;1-4-7(3,6)5-2/h3-4H2,1-2H3;4-5H2,1-3H3. The molecule has 0 N–H and O–H groups in total. The molecule has 0 rings (SSSR count). The van der Waals surface area contributed by atoms with Gasteiger partial charge in [-0.15, -0.1) is 0 Å². The molecule has 0 saturated carbocycles. The van der Waals surface area contributed by atoms with Gasteiger partial charge in [0.2, 0.25) is 0 Å². The van der Waals surface area contributed by atoms with Gasteiger partial charge in [0, 0.05) is 12.8 Å². The zero-order valence-corrected chi connectivity index (χ0v) is 11.4. The monoisotopic (exact) mass is 234 g/mol. The van der Waals surface area contributed by atoms with Crippen LogP contribution in [-0.4, -0.2) is 30.6 Å². The van der Waals surface area contributed by atoms with E-state index in [-0.39, 0.29) is 11.6 Å². The van der Waals surface area contributed by atoms with Crippen molar-refractivity contribution in [3.05, 3.63) is 0 Å². The first-order valence-electron chi connectivity index (χ1n) is 5.46. The molecule has 15 heavy (non-hydrogen) atoms. The summed E-state index contributed by atoms with van der Waals surface area (Å²) in [4.78, 5) is 20.8. The molecule has 0 fully saturated rings. The van der Waals surface area contributed by atoms with Gasteiger partial charge in [-0.2, -0.15) is 0 Å². The minimum Gasteiger partial charge on any atom is -0.324 e. The summed E-state index contributed by atoms with van der Waals surface area (Å²) in [7, 11) is -1.65. The van der Waals surface area contributed by atoms with E-state index >= 15 is 0 Å². The number of carbonyl (C=O) groups excluding carboxylic acids is 2. The smallest absolute Gasteiger partial charge is 0.198 e. The Hall–Kier alpha value is -0.430. The van der Waals surface area contributed by atoms with E-state index < -0.39 is 7.14 Å². The number of carbonyl (C=O) groups is 2. The highest BCUT2D eigenvalue weighted by atomic mass is 31.2. The molecule has 0 spiro atoms. The summed E-state index contributed by atoms with van der Waals surface area (Å²) >= 11 is 0. The average molecular weight is 234 g/mol. The lowest BCUT2D eigenvalue weighted by Crippen LogP contribution is -2.09. The molecule has 4 heteroatoms. The molecule has 0 heterocycles. The first-order chi connectivity index (χ1) is 6.84. The fraction of sp³-hybridized carbons (Fsp3) is 0.818. The summed E-state index contributed by atoms with van der Waals surface area (Å²) in [6.07, 6.45) is 2.38. The zero-order valence-electron chi connectivity index (χ0n) is 10.5. The predicted octanol–water partition coefficient (Wildman–Crippen LogP) is 2.96. The maximum atomic E-state index is 11.0. The van der Waals surface area contributed by atoms with Gasteiger partial charge in [0.15, 0.2) is 11.6 Å². The van der Waals surface area contributed by atoms with E-state index in [9.17, 15) is 14.2 Å². The average Bonchev–Trinajstić information content (AvgIpc) is 2.27. The van der Waals surface area contributed by atoms with E-state index in [1.54, 1.807) is 13.8 Å². The lowest BCUT2D eigenvalue weighted by molar-refractivity contribution is -0.136. The Kier molecular flexibility index (Phi) is 10.0. The van der Waals surface area contributed by atoms with E-state index in [1.165, 1.54) is 0 Å². The SMILES string of the molecule is CCC(=O)C(=O)CC.CCP(C)(=O)CC.